The lowest BCUT2D eigenvalue weighted by Crippen LogP contribution is -2.41. The summed E-state index contributed by atoms with van der Waals surface area (Å²) < 4.78 is 13.1. The normalized spacial score (nSPS) is 17.0. The van der Waals surface area contributed by atoms with Crippen LogP contribution in [0.3, 0.4) is 0 Å². The highest BCUT2D eigenvalue weighted by Gasteiger charge is 2.22. The predicted octanol–water partition coefficient (Wildman–Crippen LogP) is 1.59. The van der Waals surface area contributed by atoms with Crippen molar-refractivity contribution in [3.8, 4) is 17.7 Å². The van der Waals surface area contributed by atoms with Crippen LogP contribution in [0.5, 0.6) is 11.8 Å². The number of morpholine rings is 1. The van der Waals surface area contributed by atoms with Crippen LogP contribution in [0.1, 0.15) is 32.3 Å². The first-order valence-corrected chi connectivity index (χ1v) is 8.60. The Kier molecular flexibility index (Phi) is 5.50. The fraction of sp³-hybridized carbons (Fsp3) is 0.588. The first-order valence-electron chi connectivity index (χ1n) is 8.60. The zero-order chi connectivity index (χ0) is 17.8. The van der Waals surface area contributed by atoms with Crippen molar-refractivity contribution in [3.63, 3.8) is 0 Å². The van der Waals surface area contributed by atoms with E-state index in [1.54, 1.807) is 23.3 Å². The molecule has 1 aliphatic rings. The molecule has 0 aliphatic carbocycles. The molecule has 0 saturated carbocycles. The van der Waals surface area contributed by atoms with Crippen molar-refractivity contribution in [1.82, 2.24) is 24.4 Å². The molecule has 0 spiro atoms. The van der Waals surface area contributed by atoms with E-state index in [0.29, 0.717) is 17.4 Å². The van der Waals surface area contributed by atoms with E-state index in [4.69, 9.17) is 9.47 Å². The average Bonchev–Trinajstić information content (AvgIpc) is 3.09. The molecule has 1 aliphatic heterocycles. The lowest BCUT2D eigenvalue weighted by atomic mass is 10.1. The Morgan fingerprint density at radius 3 is 2.64 bits per heavy atom. The molecule has 2 aromatic heterocycles. The second-order valence-corrected chi connectivity index (χ2v) is 6.53. The number of imidazole rings is 1. The number of rotatable bonds is 6. The molecule has 3 rings (SSSR count). The monoisotopic (exact) mass is 347 g/mol. The van der Waals surface area contributed by atoms with E-state index in [-0.39, 0.29) is 17.9 Å². The van der Waals surface area contributed by atoms with Crippen LogP contribution in [0, 0.1) is 0 Å². The zero-order valence-corrected chi connectivity index (χ0v) is 14.9. The van der Waals surface area contributed by atoms with Crippen LogP contribution in [0.4, 0.5) is 0 Å². The van der Waals surface area contributed by atoms with Crippen LogP contribution in [0.2, 0.25) is 0 Å². The van der Waals surface area contributed by atoms with Crippen LogP contribution < -0.4 is 4.74 Å². The minimum atomic E-state index is -0.0689. The summed E-state index contributed by atoms with van der Waals surface area (Å²) in [4.78, 5) is 15.0. The zero-order valence-electron chi connectivity index (χ0n) is 14.9. The molecule has 1 saturated heterocycles. The maximum atomic E-state index is 10.4. The molecule has 0 radical (unpaired) electrons. The number of hydrogen-bond acceptors (Lipinski definition) is 7. The van der Waals surface area contributed by atoms with Gasteiger partial charge in [-0.2, -0.15) is 9.97 Å². The van der Waals surface area contributed by atoms with Crippen LogP contribution in [0.15, 0.2) is 18.7 Å². The van der Waals surface area contributed by atoms with Crippen LogP contribution in [0.25, 0.3) is 5.95 Å². The van der Waals surface area contributed by atoms with Gasteiger partial charge >= 0.3 is 0 Å². The molecular formula is C17H25N5O3. The van der Waals surface area contributed by atoms with Gasteiger partial charge in [0, 0.05) is 32.0 Å². The third-order valence-electron chi connectivity index (χ3n) is 4.12. The van der Waals surface area contributed by atoms with Gasteiger partial charge in [-0.15, -0.1) is 0 Å². The van der Waals surface area contributed by atoms with Crippen LogP contribution >= 0.6 is 0 Å². The summed E-state index contributed by atoms with van der Waals surface area (Å²) in [5.74, 6) is 0.754. The summed E-state index contributed by atoms with van der Waals surface area (Å²) >= 11 is 0. The molecule has 1 N–H and O–H groups in total. The fourth-order valence-electron chi connectivity index (χ4n) is 2.89. The van der Waals surface area contributed by atoms with Gasteiger partial charge in [0.15, 0.2) is 0 Å². The van der Waals surface area contributed by atoms with Gasteiger partial charge in [-0.1, -0.05) is 13.8 Å². The van der Waals surface area contributed by atoms with E-state index < -0.39 is 0 Å². The van der Waals surface area contributed by atoms with Crippen LogP contribution in [-0.2, 0) is 4.74 Å². The van der Waals surface area contributed by atoms with Crippen molar-refractivity contribution in [2.45, 2.75) is 32.8 Å². The maximum absolute atomic E-state index is 10.4. The number of ether oxygens (including phenoxy) is 2. The lowest BCUT2D eigenvalue weighted by molar-refractivity contribution is 0.0211. The summed E-state index contributed by atoms with van der Waals surface area (Å²) in [6.45, 7) is 10.1. The van der Waals surface area contributed by atoms with E-state index in [1.807, 2.05) is 20.8 Å². The quantitative estimate of drug-likeness (QED) is 0.849. The average molecular weight is 347 g/mol. The molecule has 8 nitrogen and oxygen atoms in total. The largest absolute Gasteiger partial charge is 0.493 e. The predicted molar refractivity (Wildman–Crippen MR) is 92.3 cm³/mol. The van der Waals surface area contributed by atoms with Gasteiger partial charge in [0.1, 0.15) is 12.4 Å². The Morgan fingerprint density at radius 2 is 2.00 bits per heavy atom. The van der Waals surface area contributed by atoms with E-state index in [1.165, 1.54) is 0 Å². The molecule has 1 fully saturated rings. The lowest BCUT2D eigenvalue weighted by Gasteiger charge is -2.29. The second kappa shape index (κ2) is 7.79. The Labute approximate surface area is 147 Å². The van der Waals surface area contributed by atoms with Gasteiger partial charge in [0.2, 0.25) is 17.7 Å². The molecule has 3 heterocycles. The van der Waals surface area contributed by atoms with Crippen LogP contribution in [-0.4, -0.2) is 68.5 Å². The van der Waals surface area contributed by atoms with Gasteiger partial charge in [-0.3, -0.25) is 9.47 Å². The highest BCUT2D eigenvalue weighted by molar-refractivity contribution is 5.40. The molecule has 25 heavy (non-hydrogen) atoms. The number of nitrogens with zero attached hydrogens (tertiary/aromatic N) is 5. The first-order chi connectivity index (χ1) is 12.0. The molecule has 1 atom stereocenters. The molecule has 0 amide bonds. The van der Waals surface area contributed by atoms with Gasteiger partial charge in [-0.05, 0) is 12.8 Å². The minimum absolute atomic E-state index is 0.0439. The molecule has 1 unspecified atom stereocenters. The minimum Gasteiger partial charge on any atom is -0.493 e. The van der Waals surface area contributed by atoms with E-state index in [9.17, 15) is 5.11 Å². The van der Waals surface area contributed by atoms with E-state index in [0.717, 1.165) is 32.8 Å². The van der Waals surface area contributed by atoms with Crippen molar-refractivity contribution in [1.29, 1.82) is 0 Å². The van der Waals surface area contributed by atoms with Crippen molar-refractivity contribution in [2.24, 2.45) is 0 Å². The highest BCUT2D eigenvalue weighted by atomic mass is 16.5. The molecular weight excluding hydrogens is 322 g/mol. The Hall–Kier alpha value is -2.19. The number of aromatic nitrogens is 4. The molecule has 2 aromatic rings. The Morgan fingerprint density at radius 1 is 1.24 bits per heavy atom. The van der Waals surface area contributed by atoms with Gasteiger partial charge in [0.25, 0.3) is 0 Å². The standard InChI is InChI=1S/C17H25N5O3/c1-12(2)14-15(23)19-17(22-5-4-18-11-22)20-16(14)25-13(3)10-21-6-8-24-9-7-21/h4-5,11-13H,6-10H2,1-3H3,(H,19,20,23). The molecule has 0 bridgehead atoms. The summed E-state index contributed by atoms with van der Waals surface area (Å²) in [5.41, 5.74) is 0.623. The third kappa shape index (κ3) is 4.26. The van der Waals surface area contributed by atoms with Gasteiger partial charge in [0.05, 0.1) is 18.8 Å². The van der Waals surface area contributed by atoms with Crippen molar-refractivity contribution in [2.75, 3.05) is 32.8 Å². The smallest absolute Gasteiger partial charge is 0.241 e. The molecule has 8 heteroatoms. The van der Waals surface area contributed by atoms with Gasteiger partial charge < -0.3 is 14.6 Å². The van der Waals surface area contributed by atoms with Crippen molar-refractivity contribution >= 4 is 0 Å². The number of hydrogen-bond donors (Lipinski definition) is 1. The summed E-state index contributed by atoms with van der Waals surface area (Å²) in [6, 6.07) is 0. The first kappa shape index (κ1) is 17.6. The van der Waals surface area contributed by atoms with Crippen molar-refractivity contribution in [3.05, 3.63) is 24.3 Å². The topological polar surface area (TPSA) is 85.5 Å². The fourth-order valence-corrected chi connectivity index (χ4v) is 2.89. The summed E-state index contributed by atoms with van der Waals surface area (Å²) in [6.07, 6.45) is 4.88. The van der Waals surface area contributed by atoms with E-state index in [2.05, 4.69) is 19.9 Å². The highest BCUT2D eigenvalue weighted by Crippen LogP contribution is 2.32. The third-order valence-corrected chi connectivity index (χ3v) is 4.12. The molecule has 136 valence electrons. The van der Waals surface area contributed by atoms with E-state index >= 15 is 0 Å². The Bertz CT molecular complexity index is 684. The summed E-state index contributed by atoms with van der Waals surface area (Å²) in [5, 5.41) is 10.4. The van der Waals surface area contributed by atoms with Crippen molar-refractivity contribution < 1.29 is 14.6 Å². The SMILES string of the molecule is CC(CN1CCOCC1)Oc1nc(-n2ccnc2)nc(O)c1C(C)C. The Balaban J connectivity index is 1.82. The van der Waals surface area contributed by atoms with Gasteiger partial charge in [-0.25, -0.2) is 4.98 Å². The maximum Gasteiger partial charge on any atom is 0.241 e. The second-order valence-electron chi connectivity index (χ2n) is 6.53. The molecule has 0 aromatic carbocycles. The summed E-state index contributed by atoms with van der Waals surface area (Å²) in [7, 11) is 0. The number of aromatic hydroxyl groups is 1.